The van der Waals surface area contributed by atoms with E-state index in [1.54, 1.807) is 12.1 Å². The molecule has 0 radical (unpaired) electrons. The van der Waals surface area contributed by atoms with Gasteiger partial charge in [0, 0.05) is 42.0 Å². The lowest BCUT2D eigenvalue weighted by Gasteiger charge is -2.34. The van der Waals surface area contributed by atoms with Gasteiger partial charge in [0.2, 0.25) is 0 Å². The van der Waals surface area contributed by atoms with E-state index >= 15 is 4.39 Å². The van der Waals surface area contributed by atoms with Gasteiger partial charge in [-0.1, -0.05) is 36.4 Å². The molecule has 2 N–H and O–H groups in total. The minimum Gasteiger partial charge on any atom is -0.488 e. The van der Waals surface area contributed by atoms with E-state index in [4.69, 9.17) is 15.2 Å². The molecule has 3 aromatic rings. The fraction of sp³-hybridized carbons (Fsp3) is 0.345. The molecule has 1 heterocycles. The first kappa shape index (κ1) is 23.4. The van der Waals surface area contributed by atoms with Crippen molar-refractivity contribution in [3.05, 3.63) is 83.2 Å². The summed E-state index contributed by atoms with van der Waals surface area (Å²) in [7, 11) is 0. The normalized spacial score (nSPS) is 16.2. The maximum absolute atomic E-state index is 15.2. The maximum atomic E-state index is 15.2. The van der Waals surface area contributed by atoms with Crippen LogP contribution < -0.4 is 15.4 Å². The summed E-state index contributed by atoms with van der Waals surface area (Å²) in [6, 6.07) is 19.1. The molecular weight excluding hydrogens is 443 g/mol. The number of anilines is 1. The first-order valence-electron chi connectivity index (χ1n) is 12.2. The molecule has 0 aromatic heterocycles. The molecule has 6 heteroatoms. The van der Waals surface area contributed by atoms with Crippen LogP contribution >= 0.6 is 0 Å². The Kier molecular flexibility index (Phi) is 6.73. The third-order valence-electron chi connectivity index (χ3n) is 7.41. The highest BCUT2D eigenvalue weighted by molar-refractivity contribution is 5.71. The molecule has 1 aliphatic carbocycles. The zero-order valence-corrected chi connectivity index (χ0v) is 19.8. The van der Waals surface area contributed by atoms with Crippen LogP contribution in [-0.4, -0.2) is 19.6 Å². The van der Waals surface area contributed by atoms with Crippen LogP contribution in [0.15, 0.2) is 60.7 Å². The minimum atomic E-state index is -0.272. The number of nitrogens with zero attached hydrogens (tertiary/aromatic N) is 1. The topological polar surface area (TPSA) is 64.8 Å². The van der Waals surface area contributed by atoms with E-state index in [-0.39, 0.29) is 19.0 Å². The fourth-order valence-electron chi connectivity index (χ4n) is 5.02. The Balaban J connectivity index is 1.45. The number of halogens is 1. The van der Waals surface area contributed by atoms with E-state index in [1.165, 1.54) is 25.7 Å². The van der Waals surface area contributed by atoms with Crippen LogP contribution in [0.5, 0.6) is 5.75 Å². The molecule has 5 rings (SSSR count). The molecule has 1 saturated carbocycles. The van der Waals surface area contributed by atoms with E-state index < -0.39 is 0 Å². The molecular formula is C29H31FN2O3. The summed E-state index contributed by atoms with van der Waals surface area (Å²) in [5.41, 5.74) is 11.0. The number of nitrogens with two attached hydrogens (primary N) is 1. The van der Waals surface area contributed by atoms with Crippen molar-refractivity contribution < 1.29 is 18.7 Å². The van der Waals surface area contributed by atoms with Gasteiger partial charge in [0.15, 0.2) is 0 Å². The highest BCUT2D eigenvalue weighted by Crippen LogP contribution is 2.54. The third-order valence-corrected chi connectivity index (χ3v) is 7.41. The summed E-state index contributed by atoms with van der Waals surface area (Å²) in [4.78, 5) is 13.0. The van der Waals surface area contributed by atoms with E-state index in [1.807, 2.05) is 36.4 Å². The van der Waals surface area contributed by atoms with Crippen molar-refractivity contribution in [1.29, 1.82) is 0 Å². The first-order chi connectivity index (χ1) is 17.1. The predicted octanol–water partition coefficient (Wildman–Crippen LogP) is 5.58. The number of benzene rings is 3. The smallest absolute Gasteiger partial charge is 0.293 e. The molecule has 182 valence electrons. The van der Waals surface area contributed by atoms with Gasteiger partial charge in [0.25, 0.3) is 6.47 Å². The zero-order chi connectivity index (χ0) is 24.3. The second kappa shape index (κ2) is 10.1. The molecule has 0 amide bonds. The van der Waals surface area contributed by atoms with Gasteiger partial charge in [-0.15, -0.1) is 0 Å². The summed E-state index contributed by atoms with van der Waals surface area (Å²) < 4.78 is 26.3. The maximum Gasteiger partial charge on any atom is 0.293 e. The second-order valence-electron chi connectivity index (χ2n) is 9.66. The second-order valence-corrected chi connectivity index (χ2v) is 9.66. The summed E-state index contributed by atoms with van der Waals surface area (Å²) >= 11 is 0. The third kappa shape index (κ3) is 5.17. The van der Waals surface area contributed by atoms with Crippen LogP contribution in [0.1, 0.15) is 42.4 Å². The van der Waals surface area contributed by atoms with Gasteiger partial charge in [0.1, 0.15) is 24.8 Å². The molecule has 1 saturated heterocycles. The van der Waals surface area contributed by atoms with Crippen LogP contribution in [0.25, 0.3) is 11.1 Å². The van der Waals surface area contributed by atoms with Crippen molar-refractivity contribution >= 4 is 12.2 Å². The first-order valence-corrected chi connectivity index (χ1v) is 12.2. The van der Waals surface area contributed by atoms with E-state index in [0.29, 0.717) is 35.4 Å². The molecule has 0 bridgehead atoms. The molecule has 3 aromatic carbocycles. The predicted molar refractivity (Wildman–Crippen MR) is 134 cm³/mol. The molecule has 2 aliphatic rings. The minimum absolute atomic E-state index is 0.150. The lowest BCUT2D eigenvalue weighted by molar-refractivity contribution is -0.129. The number of hydrogen-bond donors (Lipinski definition) is 1. The largest absolute Gasteiger partial charge is 0.488 e. The highest BCUT2D eigenvalue weighted by atomic mass is 19.1. The summed E-state index contributed by atoms with van der Waals surface area (Å²) in [5, 5.41) is 0. The number of carbonyl (C=O) groups excluding carboxylic acids is 1. The molecule has 1 spiro atoms. The number of rotatable bonds is 9. The lowest BCUT2D eigenvalue weighted by atomic mass is 9.92. The Morgan fingerprint density at radius 3 is 2.46 bits per heavy atom. The standard InChI is InChI=1S/C29H31FN2O3/c30-28-22(17-31)5-3-6-26(28)24-14-21(18-35-27-7-2-1-4-23(27)19-34-20-33)15-25(16-24)32-12-10-29(8-9-29)11-13-32/h1-7,14-16,20H,8-13,17-19,31H2. The zero-order valence-electron chi connectivity index (χ0n) is 19.8. The van der Waals surface area contributed by atoms with Gasteiger partial charge in [-0.2, -0.15) is 0 Å². The lowest BCUT2D eigenvalue weighted by Crippen LogP contribution is -2.34. The van der Waals surface area contributed by atoms with Gasteiger partial charge in [0.05, 0.1) is 0 Å². The number of ether oxygens (including phenoxy) is 2. The van der Waals surface area contributed by atoms with Gasteiger partial charge in [-0.25, -0.2) is 4.39 Å². The Bertz CT molecular complexity index is 1200. The van der Waals surface area contributed by atoms with Crippen molar-refractivity contribution in [2.45, 2.75) is 45.4 Å². The van der Waals surface area contributed by atoms with Crippen molar-refractivity contribution in [3.63, 3.8) is 0 Å². The van der Waals surface area contributed by atoms with Crippen molar-refractivity contribution in [2.24, 2.45) is 11.1 Å². The van der Waals surface area contributed by atoms with Crippen LogP contribution in [0.2, 0.25) is 0 Å². The molecule has 1 aliphatic heterocycles. The molecule has 2 fully saturated rings. The molecule has 5 nitrogen and oxygen atoms in total. The molecule has 35 heavy (non-hydrogen) atoms. The number of carbonyl (C=O) groups is 1. The van der Waals surface area contributed by atoms with Gasteiger partial charge in [-0.05, 0) is 66.5 Å². The quantitative estimate of drug-likeness (QED) is 0.410. The van der Waals surface area contributed by atoms with Crippen molar-refractivity contribution in [1.82, 2.24) is 0 Å². The van der Waals surface area contributed by atoms with Crippen molar-refractivity contribution in [3.8, 4) is 16.9 Å². The van der Waals surface area contributed by atoms with E-state index in [0.717, 1.165) is 35.5 Å². The number of piperidine rings is 1. The Morgan fingerprint density at radius 2 is 1.71 bits per heavy atom. The fourth-order valence-corrected chi connectivity index (χ4v) is 5.02. The van der Waals surface area contributed by atoms with E-state index in [2.05, 4.69) is 17.0 Å². The van der Waals surface area contributed by atoms with Crippen LogP contribution in [0, 0.1) is 11.2 Å². The van der Waals surface area contributed by atoms with Crippen LogP contribution in [0.4, 0.5) is 10.1 Å². The number of hydrogen-bond acceptors (Lipinski definition) is 5. The van der Waals surface area contributed by atoms with E-state index in [9.17, 15) is 4.79 Å². The SMILES string of the molecule is NCc1cccc(-c2cc(COc3ccccc3COC=O)cc(N3CCC4(CC3)CC4)c2)c1F. The Morgan fingerprint density at radius 1 is 0.943 bits per heavy atom. The summed E-state index contributed by atoms with van der Waals surface area (Å²) in [6.07, 6.45) is 5.13. The average Bonchev–Trinajstić information content (AvgIpc) is 3.65. The molecule has 0 unspecified atom stereocenters. The Labute approximate surface area is 205 Å². The monoisotopic (exact) mass is 474 g/mol. The number of para-hydroxylation sites is 1. The summed E-state index contributed by atoms with van der Waals surface area (Å²) in [6.45, 7) is 3.08. The summed E-state index contributed by atoms with van der Waals surface area (Å²) in [5.74, 6) is 0.386. The highest BCUT2D eigenvalue weighted by Gasteiger charge is 2.44. The van der Waals surface area contributed by atoms with Gasteiger partial charge < -0.3 is 20.1 Å². The van der Waals surface area contributed by atoms with Gasteiger partial charge >= 0.3 is 0 Å². The van der Waals surface area contributed by atoms with Crippen LogP contribution in [-0.2, 0) is 29.3 Å². The average molecular weight is 475 g/mol. The Hall–Kier alpha value is -3.38. The molecule has 0 atom stereocenters. The van der Waals surface area contributed by atoms with Crippen LogP contribution in [0.3, 0.4) is 0 Å². The van der Waals surface area contributed by atoms with Crippen molar-refractivity contribution in [2.75, 3.05) is 18.0 Å². The van der Waals surface area contributed by atoms with Gasteiger partial charge in [-0.3, -0.25) is 4.79 Å².